The lowest BCUT2D eigenvalue weighted by Crippen LogP contribution is -2.47. The normalized spacial score (nSPS) is 26.1. The van der Waals surface area contributed by atoms with Crippen molar-refractivity contribution in [3.05, 3.63) is 71.3 Å². The first-order chi connectivity index (χ1) is 19.1. The average Bonchev–Trinajstić information content (AvgIpc) is 3.22. The summed E-state index contributed by atoms with van der Waals surface area (Å²) >= 11 is 0. The Morgan fingerprint density at radius 2 is 1.70 bits per heavy atom. The molecule has 3 fully saturated rings. The standard InChI is InChI=1S/C31H38N4O5/c1-31(2,3)40-30(38)35-22(13-14-25(35)27(36)20-7-5-4-6-8-20)15-19-9-11-21(12-10-19)29(37)34-16-23-24(17-34)26(23)28(33)39-18-32/h4-12,18,22-27,32-33,36H,13-17H2,1-3H3/t22-,23-,24?,25+,26?,27+/m0/s1. The van der Waals surface area contributed by atoms with Crippen LogP contribution in [0.15, 0.2) is 54.6 Å². The number of nitrogens with one attached hydrogen (secondary N) is 2. The van der Waals surface area contributed by atoms with E-state index in [9.17, 15) is 14.7 Å². The van der Waals surface area contributed by atoms with Crippen LogP contribution in [-0.2, 0) is 15.9 Å². The molecule has 0 spiro atoms. The van der Waals surface area contributed by atoms with Gasteiger partial charge in [0.25, 0.3) is 5.91 Å². The molecule has 2 heterocycles. The van der Waals surface area contributed by atoms with Crippen molar-refractivity contribution in [2.45, 2.75) is 63.8 Å². The highest BCUT2D eigenvalue weighted by Crippen LogP contribution is 2.52. The zero-order chi connectivity index (χ0) is 28.6. The van der Waals surface area contributed by atoms with Crippen LogP contribution in [0.4, 0.5) is 4.79 Å². The van der Waals surface area contributed by atoms with E-state index in [0.29, 0.717) is 31.5 Å². The number of aliphatic hydroxyl groups excluding tert-OH is 1. The molecule has 2 unspecified atom stereocenters. The van der Waals surface area contributed by atoms with Crippen molar-refractivity contribution >= 4 is 24.3 Å². The number of carbonyl (C=O) groups is 2. The largest absolute Gasteiger partial charge is 0.444 e. The van der Waals surface area contributed by atoms with Crippen LogP contribution in [0.25, 0.3) is 0 Å². The Morgan fingerprint density at radius 1 is 1.05 bits per heavy atom. The van der Waals surface area contributed by atoms with Crippen LogP contribution in [0, 0.1) is 28.6 Å². The molecule has 0 aromatic heterocycles. The molecule has 2 amide bonds. The molecule has 2 saturated heterocycles. The second-order valence-corrected chi connectivity index (χ2v) is 12.1. The Kier molecular flexibility index (Phi) is 7.68. The van der Waals surface area contributed by atoms with Crippen LogP contribution in [0.1, 0.15) is 61.2 Å². The number of hydrogen-bond donors (Lipinski definition) is 3. The first kappa shape index (κ1) is 27.8. The Morgan fingerprint density at radius 3 is 2.30 bits per heavy atom. The number of hydrogen-bond acceptors (Lipinski definition) is 7. The summed E-state index contributed by atoms with van der Waals surface area (Å²) in [6, 6.07) is 16.4. The van der Waals surface area contributed by atoms with Gasteiger partial charge in [-0.25, -0.2) is 4.79 Å². The molecule has 3 aliphatic rings. The zero-order valence-corrected chi connectivity index (χ0v) is 23.2. The van der Waals surface area contributed by atoms with Crippen molar-refractivity contribution < 1.29 is 24.2 Å². The summed E-state index contributed by atoms with van der Waals surface area (Å²) in [7, 11) is 0. The molecule has 9 nitrogen and oxygen atoms in total. The molecule has 3 N–H and O–H groups in total. The minimum atomic E-state index is -0.814. The second-order valence-electron chi connectivity index (χ2n) is 12.1. The van der Waals surface area contributed by atoms with Gasteiger partial charge in [0.1, 0.15) is 5.60 Å². The molecule has 0 bridgehead atoms. The van der Waals surface area contributed by atoms with Gasteiger partial charge in [0.05, 0.1) is 12.1 Å². The van der Waals surface area contributed by atoms with Crippen molar-refractivity contribution in [1.82, 2.24) is 9.80 Å². The number of rotatable bonds is 7. The molecule has 6 atom stereocenters. The lowest BCUT2D eigenvalue weighted by atomic mass is 10.0. The first-order valence-electron chi connectivity index (χ1n) is 13.9. The van der Waals surface area contributed by atoms with E-state index in [0.717, 1.165) is 23.9 Å². The third kappa shape index (κ3) is 5.75. The Hall–Kier alpha value is -3.72. The molecular formula is C31H38N4O5. The van der Waals surface area contributed by atoms with E-state index in [4.69, 9.17) is 20.3 Å². The minimum Gasteiger partial charge on any atom is -0.444 e. The van der Waals surface area contributed by atoms with E-state index in [1.807, 2.05) is 80.3 Å². The number of piperidine rings is 1. The molecule has 40 heavy (non-hydrogen) atoms. The smallest absolute Gasteiger partial charge is 0.410 e. The fraction of sp³-hybridized carbons (Fsp3) is 0.484. The van der Waals surface area contributed by atoms with Gasteiger partial charge in [-0.05, 0) is 75.1 Å². The summed E-state index contributed by atoms with van der Waals surface area (Å²) in [4.78, 5) is 30.0. The van der Waals surface area contributed by atoms with Gasteiger partial charge < -0.3 is 19.5 Å². The maximum absolute atomic E-state index is 13.3. The van der Waals surface area contributed by atoms with E-state index < -0.39 is 17.8 Å². The predicted molar refractivity (Wildman–Crippen MR) is 150 cm³/mol. The lowest BCUT2D eigenvalue weighted by Gasteiger charge is -2.35. The maximum atomic E-state index is 13.3. The van der Waals surface area contributed by atoms with Gasteiger partial charge in [-0.2, -0.15) is 0 Å². The van der Waals surface area contributed by atoms with Gasteiger partial charge in [-0.3, -0.25) is 20.5 Å². The molecule has 212 valence electrons. The van der Waals surface area contributed by atoms with Gasteiger partial charge >= 0.3 is 6.09 Å². The monoisotopic (exact) mass is 546 g/mol. The zero-order valence-electron chi connectivity index (χ0n) is 23.2. The average molecular weight is 547 g/mol. The summed E-state index contributed by atoms with van der Waals surface area (Å²) < 4.78 is 10.7. The molecule has 1 aliphatic carbocycles. The third-order valence-corrected chi connectivity index (χ3v) is 8.30. The van der Waals surface area contributed by atoms with Crippen molar-refractivity contribution in [2.75, 3.05) is 13.1 Å². The van der Waals surface area contributed by atoms with Gasteiger partial charge in [0.2, 0.25) is 0 Å². The molecular weight excluding hydrogens is 508 g/mol. The van der Waals surface area contributed by atoms with Crippen LogP contribution in [0.5, 0.6) is 0 Å². The summed E-state index contributed by atoms with van der Waals surface area (Å²) in [5.41, 5.74) is 1.74. The van der Waals surface area contributed by atoms with E-state index in [-0.39, 0.29) is 41.6 Å². The van der Waals surface area contributed by atoms with Crippen LogP contribution in [0.2, 0.25) is 0 Å². The van der Waals surface area contributed by atoms with E-state index >= 15 is 0 Å². The Bertz CT molecular complexity index is 1250. The Labute approximate surface area is 235 Å². The number of amides is 2. The number of benzene rings is 2. The van der Waals surface area contributed by atoms with Crippen molar-refractivity contribution in [3.8, 4) is 0 Å². The highest BCUT2D eigenvalue weighted by atomic mass is 16.6. The molecule has 1 saturated carbocycles. The van der Waals surface area contributed by atoms with Crippen LogP contribution >= 0.6 is 0 Å². The SMILES string of the molecule is CC(C)(C)OC(=O)N1[C@H](Cc2ccc(C(=O)N3CC4C(C(=N)OC=N)[C@H]4C3)cc2)CC[C@@H]1[C@H](O)c1ccccc1. The number of fused-ring (bicyclic) bond motifs is 1. The molecule has 0 radical (unpaired) electrons. The second kappa shape index (κ2) is 11.0. The number of aliphatic hydroxyl groups is 1. The fourth-order valence-corrected chi connectivity index (χ4v) is 6.36. The number of nitrogens with zero attached hydrogens (tertiary/aromatic N) is 2. The molecule has 2 aromatic rings. The van der Waals surface area contributed by atoms with Crippen LogP contribution < -0.4 is 0 Å². The first-order valence-corrected chi connectivity index (χ1v) is 13.9. The summed E-state index contributed by atoms with van der Waals surface area (Å²) in [6.45, 7) is 6.71. The van der Waals surface area contributed by atoms with Gasteiger partial charge in [0, 0.05) is 30.6 Å². The molecule has 2 aliphatic heterocycles. The van der Waals surface area contributed by atoms with Crippen molar-refractivity contribution in [3.63, 3.8) is 0 Å². The predicted octanol–water partition coefficient (Wildman–Crippen LogP) is 4.65. The number of likely N-dealkylation sites (tertiary alicyclic amines) is 2. The molecule has 9 heteroatoms. The Balaban J connectivity index is 1.24. The van der Waals surface area contributed by atoms with Gasteiger partial charge in [-0.1, -0.05) is 42.5 Å². The van der Waals surface area contributed by atoms with Crippen molar-refractivity contribution in [1.29, 1.82) is 10.8 Å². The van der Waals surface area contributed by atoms with E-state index in [1.54, 1.807) is 4.90 Å². The summed E-state index contributed by atoms with van der Waals surface area (Å²) in [5.74, 6) is 0.565. The van der Waals surface area contributed by atoms with Crippen LogP contribution in [0.3, 0.4) is 0 Å². The van der Waals surface area contributed by atoms with E-state index in [2.05, 4.69) is 0 Å². The van der Waals surface area contributed by atoms with E-state index in [1.165, 1.54) is 0 Å². The molecule has 5 rings (SSSR count). The quantitative estimate of drug-likeness (QED) is 0.344. The number of carbonyl (C=O) groups excluding carboxylic acids is 2. The fourth-order valence-electron chi connectivity index (χ4n) is 6.36. The van der Waals surface area contributed by atoms with Crippen molar-refractivity contribution in [2.24, 2.45) is 17.8 Å². The highest BCUT2D eigenvalue weighted by Gasteiger charge is 2.59. The van der Waals surface area contributed by atoms with Gasteiger partial charge in [0.15, 0.2) is 12.3 Å². The van der Waals surface area contributed by atoms with Crippen LogP contribution in [-0.4, -0.2) is 70.0 Å². The third-order valence-electron chi connectivity index (χ3n) is 8.30. The van der Waals surface area contributed by atoms with Gasteiger partial charge in [-0.15, -0.1) is 0 Å². The molecule has 2 aromatic carbocycles. The summed E-state index contributed by atoms with van der Waals surface area (Å²) in [6.07, 6.45) is 1.54. The minimum absolute atomic E-state index is 0.0107. The lowest BCUT2D eigenvalue weighted by molar-refractivity contribution is -0.00453. The maximum Gasteiger partial charge on any atom is 0.410 e. The highest BCUT2D eigenvalue weighted by molar-refractivity contribution is 5.95. The topological polar surface area (TPSA) is 127 Å². The number of ether oxygens (including phenoxy) is 2. The summed E-state index contributed by atoms with van der Waals surface area (Å²) in [5, 5.41) is 26.1.